The molecule has 1 aromatic rings. The van der Waals surface area contributed by atoms with Crippen LogP contribution in [-0.4, -0.2) is 45.2 Å². The van der Waals surface area contributed by atoms with Crippen molar-refractivity contribution in [1.29, 1.82) is 0 Å². The Balaban J connectivity index is 2.33. The average Bonchev–Trinajstić information content (AvgIpc) is 2.76. The van der Waals surface area contributed by atoms with E-state index in [2.05, 4.69) is 10.2 Å². The normalized spacial score (nSPS) is 22.1. The average molecular weight is 279 g/mol. The van der Waals surface area contributed by atoms with Crippen LogP contribution in [0.25, 0.3) is 0 Å². The van der Waals surface area contributed by atoms with Gasteiger partial charge < -0.3 is 10.0 Å². The molecule has 0 aromatic carbocycles. The molecule has 2 heterocycles. The van der Waals surface area contributed by atoms with Crippen molar-refractivity contribution in [3.63, 3.8) is 0 Å². The van der Waals surface area contributed by atoms with Gasteiger partial charge in [-0.05, 0) is 25.3 Å². The largest absolute Gasteiger partial charge is 0.481 e. The van der Waals surface area contributed by atoms with Crippen molar-refractivity contribution in [1.82, 2.24) is 15.1 Å². The molecule has 1 aliphatic rings. The van der Waals surface area contributed by atoms with E-state index in [9.17, 15) is 14.4 Å². The molecule has 0 saturated carbocycles. The fourth-order valence-corrected chi connectivity index (χ4v) is 2.50. The molecular formula is C13H17N3O4. The molecule has 20 heavy (non-hydrogen) atoms. The number of likely N-dealkylation sites (tertiary alicyclic amines) is 1. The molecule has 0 unspecified atom stereocenters. The molecule has 2 N–H and O–H groups in total. The molecule has 0 bridgehead atoms. The molecular weight excluding hydrogens is 262 g/mol. The SMILES string of the molecule is Cc1n[nH]c(=O)c(C(=O)N2C[C@@H](C)[C@H](C(=O)O)C2)c1C. The highest BCUT2D eigenvalue weighted by Gasteiger charge is 2.38. The van der Waals surface area contributed by atoms with E-state index in [-0.39, 0.29) is 18.0 Å². The van der Waals surface area contributed by atoms with Gasteiger partial charge in [-0.15, -0.1) is 0 Å². The van der Waals surface area contributed by atoms with Gasteiger partial charge >= 0.3 is 5.97 Å². The highest BCUT2D eigenvalue weighted by atomic mass is 16.4. The number of amides is 1. The number of nitrogens with one attached hydrogen (secondary N) is 1. The van der Waals surface area contributed by atoms with E-state index in [1.165, 1.54) is 4.90 Å². The number of hydrogen-bond donors (Lipinski definition) is 2. The first kappa shape index (κ1) is 14.2. The highest BCUT2D eigenvalue weighted by Crippen LogP contribution is 2.24. The van der Waals surface area contributed by atoms with Crippen LogP contribution in [0.5, 0.6) is 0 Å². The second kappa shape index (κ2) is 5.07. The fraction of sp³-hybridized carbons (Fsp3) is 0.538. The molecule has 1 amide bonds. The minimum absolute atomic E-state index is 0.0516. The predicted octanol–water partition coefficient (Wildman–Crippen LogP) is 0.179. The number of carboxylic acid groups (broad SMARTS) is 1. The summed E-state index contributed by atoms with van der Waals surface area (Å²) in [5.41, 5.74) is 0.625. The lowest BCUT2D eigenvalue weighted by atomic mass is 9.99. The summed E-state index contributed by atoms with van der Waals surface area (Å²) in [6.45, 7) is 5.64. The molecule has 0 spiro atoms. The van der Waals surface area contributed by atoms with Crippen LogP contribution in [0.2, 0.25) is 0 Å². The first-order valence-corrected chi connectivity index (χ1v) is 6.41. The van der Waals surface area contributed by atoms with Gasteiger partial charge in [0.05, 0.1) is 11.6 Å². The smallest absolute Gasteiger partial charge is 0.308 e. The molecule has 7 heteroatoms. The van der Waals surface area contributed by atoms with Gasteiger partial charge in [0.2, 0.25) is 0 Å². The van der Waals surface area contributed by atoms with Crippen molar-refractivity contribution >= 4 is 11.9 Å². The van der Waals surface area contributed by atoms with Crippen LogP contribution >= 0.6 is 0 Å². The first-order chi connectivity index (χ1) is 9.32. The summed E-state index contributed by atoms with van der Waals surface area (Å²) in [4.78, 5) is 36.8. The lowest BCUT2D eigenvalue weighted by Crippen LogP contribution is -2.35. The number of carboxylic acids is 1. The number of H-pyrrole nitrogens is 1. The minimum atomic E-state index is -0.913. The van der Waals surface area contributed by atoms with Crippen molar-refractivity contribution in [3.8, 4) is 0 Å². The van der Waals surface area contributed by atoms with Crippen LogP contribution < -0.4 is 5.56 Å². The van der Waals surface area contributed by atoms with Gasteiger partial charge in [0, 0.05) is 13.1 Å². The number of nitrogens with zero attached hydrogens (tertiary/aromatic N) is 2. The van der Waals surface area contributed by atoms with E-state index in [1.807, 2.05) is 0 Å². The quantitative estimate of drug-likeness (QED) is 0.803. The van der Waals surface area contributed by atoms with Crippen LogP contribution in [0.4, 0.5) is 0 Å². The molecule has 1 aliphatic heterocycles. The molecule has 0 aliphatic carbocycles. The van der Waals surface area contributed by atoms with E-state index >= 15 is 0 Å². The fourth-order valence-electron chi connectivity index (χ4n) is 2.50. The Morgan fingerprint density at radius 1 is 1.35 bits per heavy atom. The van der Waals surface area contributed by atoms with Gasteiger partial charge in [-0.1, -0.05) is 6.92 Å². The van der Waals surface area contributed by atoms with Crippen molar-refractivity contribution in [2.24, 2.45) is 11.8 Å². The Bertz CT molecular complexity index is 623. The number of aryl methyl sites for hydroxylation is 1. The summed E-state index contributed by atoms with van der Waals surface area (Å²) < 4.78 is 0. The second-order valence-electron chi connectivity index (χ2n) is 5.27. The zero-order chi connectivity index (χ0) is 15.0. The van der Waals surface area contributed by atoms with Gasteiger partial charge in [0.15, 0.2) is 0 Å². The van der Waals surface area contributed by atoms with Gasteiger partial charge in [0.25, 0.3) is 11.5 Å². The number of rotatable bonds is 2. The van der Waals surface area contributed by atoms with Crippen molar-refractivity contribution in [2.75, 3.05) is 13.1 Å². The number of hydrogen-bond acceptors (Lipinski definition) is 4. The molecule has 2 atom stereocenters. The maximum Gasteiger partial charge on any atom is 0.308 e. The van der Waals surface area contributed by atoms with E-state index < -0.39 is 23.4 Å². The number of carbonyl (C=O) groups excluding carboxylic acids is 1. The summed E-state index contributed by atoms with van der Waals surface area (Å²) >= 11 is 0. The van der Waals surface area contributed by atoms with Crippen molar-refractivity contribution in [2.45, 2.75) is 20.8 Å². The zero-order valence-corrected chi connectivity index (χ0v) is 11.6. The summed E-state index contributed by atoms with van der Waals surface area (Å²) in [6, 6.07) is 0. The lowest BCUT2D eigenvalue weighted by molar-refractivity contribution is -0.142. The van der Waals surface area contributed by atoms with E-state index in [0.29, 0.717) is 17.8 Å². The standard InChI is InChI=1S/C13H17N3O4/c1-6-4-16(5-9(6)13(19)20)12(18)10-7(2)8(3)14-15-11(10)17/h6,9H,4-5H2,1-3H3,(H,15,17)(H,19,20)/t6-,9-/m1/s1. The number of aromatic amines is 1. The Hall–Kier alpha value is -2.18. The van der Waals surface area contributed by atoms with E-state index in [4.69, 9.17) is 5.11 Å². The summed E-state index contributed by atoms with van der Waals surface area (Å²) in [5.74, 6) is -2.05. The minimum Gasteiger partial charge on any atom is -0.481 e. The molecule has 0 radical (unpaired) electrons. The first-order valence-electron chi connectivity index (χ1n) is 6.41. The third-order valence-electron chi connectivity index (χ3n) is 3.90. The predicted molar refractivity (Wildman–Crippen MR) is 70.5 cm³/mol. The van der Waals surface area contributed by atoms with Gasteiger partial charge in [-0.2, -0.15) is 5.10 Å². The molecule has 1 aromatic heterocycles. The lowest BCUT2D eigenvalue weighted by Gasteiger charge is -2.17. The third kappa shape index (κ3) is 2.31. The van der Waals surface area contributed by atoms with Gasteiger partial charge in [-0.3, -0.25) is 14.4 Å². The highest BCUT2D eigenvalue weighted by molar-refractivity contribution is 5.96. The zero-order valence-electron chi connectivity index (χ0n) is 11.6. The Morgan fingerprint density at radius 2 is 2.00 bits per heavy atom. The Labute approximate surface area is 115 Å². The second-order valence-corrected chi connectivity index (χ2v) is 5.27. The maximum atomic E-state index is 12.4. The van der Waals surface area contributed by atoms with Crippen LogP contribution in [0, 0.1) is 25.7 Å². The third-order valence-corrected chi connectivity index (χ3v) is 3.90. The summed E-state index contributed by atoms with van der Waals surface area (Å²) in [7, 11) is 0. The molecule has 1 saturated heterocycles. The number of aromatic nitrogens is 2. The van der Waals surface area contributed by atoms with Crippen LogP contribution in [-0.2, 0) is 4.79 Å². The monoisotopic (exact) mass is 279 g/mol. The van der Waals surface area contributed by atoms with Crippen LogP contribution in [0.1, 0.15) is 28.5 Å². The van der Waals surface area contributed by atoms with Gasteiger partial charge in [0.1, 0.15) is 5.56 Å². The Kier molecular flexibility index (Phi) is 3.61. The Morgan fingerprint density at radius 3 is 2.55 bits per heavy atom. The van der Waals surface area contributed by atoms with Gasteiger partial charge in [-0.25, -0.2) is 5.10 Å². The van der Waals surface area contributed by atoms with Crippen molar-refractivity contribution in [3.05, 3.63) is 27.2 Å². The van der Waals surface area contributed by atoms with Crippen molar-refractivity contribution < 1.29 is 14.7 Å². The number of carbonyl (C=O) groups is 2. The molecule has 7 nitrogen and oxygen atoms in total. The molecule has 1 fully saturated rings. The van der Waals surface area contributed by atoms with Crippen LogP contribution in [0.15, 0.2) is 4.79 Å². The maximum absolute atomic E-state index is 12.4. The van der Waals surface area contributed by atoms with E-state index in [0.717, 1.165) is 0 Å². The number of aliphatic carboxylic acids is 1. The molecule has 108 valence electrons. The summed E-state index contributed by atoms with van der Waals surface area (Å²) in [5, 5.41) is 15.2. The summed E-state index contributed by atoms with van der Waals surface area (Å²) in [6.07, 6.45) is 0. The molecule has 2 rings (SSSR count). The van der Waals surface area contributed by atoms with E-state index in [1.54, 1.807) is 20.8 Å². The topological polar surface area (TPSA) is 103 Å². The van der Waals surface area contributed by atoms with Crippen LogP contribution in [0.3, 0.4) is 0 Å².